The largest absolute Gasteiger partial charge is 0.505 e. The van der Waals surface area contributed by atoms with Crippen LogP contribution in [0, 0.1) is 0 Å². The van der Waals surface area contributed by atoms with Gasteiger partial charge in [0.05, 0.1) is 0 Å². The number of pyridine rings is 1. The molecule has 0 unspecified atom stereocenters. The standard InChI is InChI=1S/C6H4ClNO3/c7-4-2-1-3(9)5(8-4)6(10)11/h1-2,9H,(H,10,11). The molecular weight excluding hydrogens is 170 g/mol. The summed E-state index contributed by atoms with van der Waals surface area (Å²) in [6.45, 7) is 0. The van der Waals surface area contributed by atoms with Crippen molar-refractivity contribution in [2.24, 2.45) is 0 Å². The molecule has 0 aliphatic carbocycles. The highest BCUT2D eigenvalue weighted by molar-refractivity contribution is 6.29. The van der Waals surface area contributed by atoms with Crippen LogP contribution in [-0.4, -0.2) is 21.2 Å². The lowest BCUT2D eigenvalue weighted by Crippen LogP contribution is -2.00. The van der Waals surface area contributed by atoms with E-state index in [0.717, 1.165) is 0 Å². The van der Waals surface area contributed by atoms with Crippen molar-refractivity contribution in [3.63, 3.8) is 0 Å². The summed E-state index contributed by atoms with van der Waals surface area (Å²) in [5.41, 5.74) is -0.433. The summed E-state index contributed by atoms with van der Waals surface area (Å²) in [4.78, 5) is 13.7. The zero-order chi connectivity index (χ0) is 8.43. The third-order valence-corrected chi connectivity index (χ3v) is 1.25. The number of aromatic hydroxyl groups is 1. The summed E-state index contributed by atoms with van der Waals surface area (Å²) in [6, 6.07) is 2.49. The molecule has 11 heavy (non-hydrogen) atoms. The van der Waals surface area contributed by atoms with Gasteiger partial charge >= 0.3 is 5.97 Å². The highest BCUT2D eigenvalue weighted by Crippen LogP contribution is 2.16. The summed E-state index contributed by atoms with van der Waals surface area (Å²) in [5.74, 6) is -1.69. The third kappa shape index (κ3) is 1.59. The molecule has 0 saturated heterocycles. The zero-order valence-electron chi connectivity index (χ0n) is 5.28. The molecule has 1 aromatic heterocycles. The Morgan fingerprint density at radius 2 is 2.18 bits per heavy atom. The number of hydrogen-bond acceptors (Lipinski definition) is 3. The number of carbonyl (C=O) groups is 1. The van der Waals surface area contributed by atoms with E-state index in [1.165, 1.54) is 12.1 Å². The SMILES string of the molecule is O=C(O)c1nc(Cl)ccc1O. The lowest BCUT2D eigenvalue weighted by atomic mass is 10.3. The van der Waals surface area contributed by atoms with E-state index in [-0.39, 0.29) is 10.9 Å². The Hall–Kier alpha value is -1.29. The van der Waals surface area contributed by atoms with Gasteiger partial charge in [-0.05, 0) is 12.1 Å². The van der Waals surface area contributed by atoms with Crippen LogP contribution in [0.3, 0.4) is 0 Å². The second kappa shape index (κ2) is 2.75. The highest BCUT2D eigenvalue weighted by atomic mass is 35.5. The van der Waals surface area contributed by atoms with Crippen LogP contribution >= 0.6 is 11.6 Å². The minimum atomic E-state index is -1.30. The summed E-state index contributed by atoms with van der Waals surface area (Å²) in [6.07, 6.45) is 0. The average Bonchev–Trinajstić information content (AvgIpc) is 1.94. The van der Waals surface area contributed by atoms with Crippen molar-refractivity contribution in [1.82, 2.24) is 4.98 Å². The van der Waals surface area contributed by atoms with Gasteiger partial charge in [0.1, 0.15) is 10.9 Å². The Morgan fingerprint density at radius 3 is 2.64 bits per heavy atom. The maximum absolute atomic E-state index is 10.3. The first-order chi connectivity index (χ1) is 5.11. The fraction of sp³-hybridized carbons (Fsp3) is 0. The van der Waals surface area contributed by atoms with Crippen LogP contribution in [0.5, 0.6) is 5.75 Å². The Kier molecular flexibility index (Phi) is 1.96. The lowest BCUT2D eigenvalue weighted by Gasteiger charge is -1.96. The summed E-state index contributed by atoms with van der Waals surface area (Å²) in [7, 11) is 0. The molecule has 1 rings (SSSR count). The van der Waals surface area contributed by atoms with E-state index in [2.05, 4.69) is 4.98 Å². The van der Waals surface area contributed by atoms with E-state index < -0.39 is 11.7 Å². The molecule has 0 aliphatic heterocycles. The Morgan fingerprint density at radius 1 is 1.55 bits per heavy atom. The number of aromatic carboxylic acids is 1. The van der Waals surface area contributed by atoms with Gasteiger partial charge in [0.25, 0.3) is 0 Å². The molecule has 5 heteroatoms. The van der Waals surface area contributed by atoms with Gasteiger partial charge < -0.3 is 10.2 Å². The number of nitrogens with zero attached hydrogens (tertiary/aromatic N) is 1. The fourth-order valence-electron chi connectivity index (χ4n) is 0.585. The van der Waals surface area contributed by atoms with Gasteiger partial charge in [0.2, 0.25) is 0 Å². The smallest absolute Gasteiger partial charge is 0.358 e. The van der Waals surface area contributed by atoms with Gasteiger partial charge in [-0.25, -0.2) is 9.78 Å². The maximum Gasteiger partial charge on any atom is 0.358 e. The van der Waals surface area contributed by atoms with E-state index >= 15 is 0 Å². The number of halogens is 1. The van der Waals surface area contributed by atoms with E-state index in [0.29, 0.717) is 0 Å². The number of hydrogen-bond donors (Lipinski definition) is 2. The minimum absolute atomic E-state index is 0.0419. The van der Waals surface area contributed by atoms with Crippen LogP contribution in [0.4, 0.5) is 0 Å². The predicted octanol–water partition coefficient (Wildman–Crippen LogP) is 1.14. The first-order valence-electron chi connectivity index (χ1n) is 2.70. The number of carboxylic acids is 1. The van der Waals surface area contributed by atoms with Crippen molar-refractivity contribution in [2.45, 2.75) is 0 Å². The van der Waals surface area contributed by atoms with Crippen molar-refractivity contribution in [3.8, 4) is 5.75 Å². The first kappa shape index (κ1) is 7.81. The molecule has 0 spiro atoms. The molecule has 1 heterocycles. The molecule has 0 fully saturated rings. The van der Waals surface area contributed by atoms with Crippen LogP contribution in [0.1, 0.15) is 10.5 Å². The first-order valence-corrected chi connectivity index (χ1v) is 3.08. The average molecular weight is 174 g/mol. The molecule has 0 bridgehead atoms. The van der Waals surface area contributed by atoms with Gasteiger partial charge in [-0.3, -0.25) is 0 Å². The van der Waals surface area contributed by atoms with Crippen molar-refractivity contribution >= 4 is 17.6 Å². The normalized spacial score (nSPS) is 9.55. The van der Waals surface area contributed by atoms with Gasteiger partial charge in [0.15, 0.2) is 5.69 Å². The van der Waals surface area contributed by atoms with Crippen molar-refractivity contribution < 1.29 is 15.0 Å². The highest BCUT2D eigenvalue weighted by Gasteiger charge is 2.10. The summed E-state index contributed by atoms with van der Waals surface area (Å²) >= 11 is 5.38. The molecule has 0 radical (unpaired) electrons. The lowest BCUT2D eigenvalue weighted by molar-refractivity contribution is 0.0687. The predicted molar refractivity (Wildman–Crippen MR) is 37.9 cm³/mol. The molecule has 2 N–H and O–H groups in total. The Bertz CT molecular complexity index is 300. The minimum Gasteiger partial charge on any atom is -0.505 e. The van der Waals surface area contributed by atoms with Crippen LogP contribution in [0.15, 0.2) is 12.1 Å². The van der Waals surface area contributed by atoms with Gasteiger partial charge in [-0.1, -0.05) is 11.6 Å². The fourth-order valence-corrected chi connectivity index (χ4v) is 0.733. The second-order valence-electron chi connectivity index (χ2n) is 1.81. The summed E-state index contributed by atoms with van der Waals surface area (Å²) < 4.78 is 0. The van der Waals surface area contributed by atoms with Gasteiger partial charge in [0, 0.05) is 0 Å². The number of rotatable bonds is 1. The molecule has 0 aromatic carbocycles. The molecule has 0 aliphatic rings. The van der Waals surface area contributed by atoms with Crippen molar-refractivity contribution in [2.75, 3.05) is 0 Å². The van der Waals surface area contributed by atoms with E-state index in [1.807, 2.05) is 0 Å². The van der Waals surface area contributed by atoms with Crippen LogP contribution in [0.25, 0.3) is 0 Å². The third-order valence-electron chi connectivity index (χ3n) is 1.04. The molecule has 0 saturated carbocycles. The maximum atomic E-state index is 10.3. The second-order valence-corrected chi connectivity index (χ2v) is 2.19. The van der Waals surface area contributed by atoms with E-state index in [1.54, 1.807) is 0 Å². The zero-order valence-corrected chi connectivity index (χ0v) is 6.04. The van der Waals surface area contributed by atoms with Crippen LogP contribution in [0.2, 0.25) is 5.15 Å². The Labute approximate surface area is 67.1 Å². The van der Waals surface area contributed by atoms with E-state index in [4.69, 9.17) is 21.8 Å². The topological polar surface area (TPSA) is 70.4 Å². The Balaban J connectivity index is 3.23. The molecule has 0 atom stereocenters. The van der Waals surface area contributed by atoms with Crippen molar-refractivity contribution in [1.29, 1.82) is 0 Å². The molecule has 1 aromatic rings. The molecule has 58 valence electrons. The van der Waals surface area contributed by atoms with E-state index in [9.17, 15) is 4.79 Å². The number of aromatic nitrogens is 1. The quantitative estimate of drug-likeness (QED) is 0.625. The molecule has 4 nitrogen and oxygen atoms in total. The molecular formula is C6H4ClNO3. The summed E-state index contributed by atoms with van der Waals surface area (Å²) in [5, 5.41) is 17.4. The van der Waals surface area contributed by atoms with Gasteiger partial charge in [-0.2, -0.15) is 0 Å². The monoisotopic (exact) mass is 173 g/mol. The van der Waals surface area contributed by atoms with Gasteiger partial charge in [-0.15, -0.1) is 0 Å². The van der Waals surface area contributed by atoms with Crippen LogP contribution < -0.4 is 0 Å². The number of carboxylic acid groups (broad SMARTS) is 1. The molecule has 0 amide bonds. The van der Waals surface area contributed by atoms with Crippen molar-refractivity contribution in [3.05, 3.63) is 23.0 Å². The van der Waals surface area contributed by atoms with Crippen LogP contribution in [-0.2, 0) is 0 Å².